The summed E-state index contributed by atoms with van der Waals surface area (Å²) in [5.74, 6) is -2.38. The van der Waals surface area contributed by atoms with E-state index < -0.39 is 35.2 Å². The number of fused-ring (bicyclic) bond motifs is 1. The number of hydrogen-bond acceptors (Lipinski definition) is 3. The maximum absolute atomic E-state index is 14.2. The third-order valence-electron chi connectivity index (χ3n) is 7.23. The number of halogens is 4. The van der Waals surface area contributed by atoms with Gasteiger partial charge in [-0.3, -0.25) is 14.5 Å². The van der Waals surface area contributed by atoms with Crippen molar-refractivity contribution in [1.82, 2.24) is 9.78 Å². The topological polar surface area (TPSA) is 55.2 Å². The summed E-state index contributed by atoms with van der Waals surface area (Å²) in [6.45, 7) is 4.10. The highest BCUT2D eigenvalue weighted by Crippen LogP contribution is 2.47. The van der Waals surface area contributed by atoms with Gasteiger partial charge in [0.25, 0.3) is 0 Å². The molecule has 3 aromatic carbocycles. The van der Waals surface area contributed by atoms with E-state index in [1.165, 1.54) is 24.3 Å². The van der Waals surface area contributed by atoms with Crippen molar-refractivity contribution in [3.8, 4) is 5.69 Å². The number of anilines is 1. The van der Waals surface area contributed by atoms with E-state index in [4.69, 9.17) is 5.10 Å². The summed E-state index contributed by atoms with van der Waals surface area (Å²) in [7, 11) is 0. The number of alkyl halides is 3. The summed E-state index contributed by atoms with van der Waals surface area (Å²) in [6, 6.07) is 19.3. The second kappa shape index (κ2) is 13.2. The lowest BCUT2D eigenvalue weighted by molar-refractivity contribution is -0.137. The number of benzene rings is 3. The molecule has 1 aliphatic heterocycles. The van der Waals surface area contributed by atoms with Gasteiger partial charge in [-0.25, -0.2) is 9.07 Å². The van der Waals surface area contributed by atoms with Crippen LogP contribution in [0.4, 0.5) is 23.4 Å². The van der Waals surface area contributed by atoms with Crippen LogP contribution in [0.2, 0.25) is 0 Å². The van der Waals surface area contributed by atoms with Gasteiger partial charge >= 0.3 is 6.18 Å². The smallest absolute Gasteiger partial charge is 0.296 e. The maximum Gasteiger partial charge on any atom is 0.416 e. The molecule has 1 aliphatic rings. The van der Waals surface area contributed by atoms with E-state index in [0.717, 1.165) is 23.4 Å². The standard InChI is InChI=1S/C31H27F4N3O2.2H2S/c1-3-16-37-29-27(19(2)36-38(29)24-10-5-4-6-11-24)28(20-12-14-23(32)15-13-20)25(30(37)40)18-26(39)21-8-7-9-22(17-21)31(33,34)35;;/h4-15,17,25,28H,3,16,18H2,1-2H3;2*1H2/t25-,28+;;/m0../s1. The van der Waals surface area contributed by atoms with Gasteiger partial charge in [0.2, 0.25) is 5.91 Å². The summed E-state index contributed by atoms with van der Waals surface area (Å²) >= 11 is 0. The van der Waals surface area contributed by atoms with Gasteiger partial charge in [-0.1, -0.05) is 49.4 Å². The number of carbonyl (C=O) groups excluding carboxylic acids is 2. The van der Waals surface area contributed by atoms with E-state index in [1.807, 2.05) is 44.2 Å². The molecule has 11 heteroatoms. The highest BCUT2D eigenvalue weighted by atomic mass is 32.1. The van der Waals surface area contributed by atoms with Crippen LogP contribution in [0.5, 0.6) is 0 Å². The Morgan fingerprint density at radius 1 is 0.952 bits per heavy atom. The van der Waals surface area contributed by atoms with E-state index in [2.05, 4.69) is 0 Å². The van der Waals surface area contributed by atoms with Gasteiger partial charge in [-0.05, 0) is 55.3 Å². The molecule has 42 heavy (non-hydrogen) atoms. The summed E-state index contributed by atoms with van der Waals surface area (Å²) in [5, 5.41) is 4.77. The molecule has 0 radical (unpaired) electrons. The van der Waals surface area contributed by atoms with Crippen LogP contribution in [0.1, 0.15) is 58.4 Å². The van der Waals surface area contributed by atoms with Gasteiger partial charge in [0.1, 0.15) is 11.6 Å². The fourth-order valence-corrected chi connectivity index (χ4v) is 5.45. The third-order valence-corrected chi connectivity index (χ3v) is 7.23. The molecule has 1 amide bonds. The van der Waals surface area contributed by atoms with Crippen LogP contribution in [0.25, 0.3) is 5.69 Å². The average Bonchev–Trinajstić information content (AvgIpc) is 3.28. The van der Waals surface area contributed by atoms with Crippen LogP contribution in [-0.4, -0.2) is 28.0 Å². The number of amides is 1. The second-order valence-corrected chi connectivity index (χ2v) is 9.90. The molecule has 5 nitrogen and oxygen atoms in total. The Labute approximate surface area is 255 Å². The fourth-order valence-electron chi connectivity index (χ4n) is 5.45. The van der Waals surface area contributed by atoms with E-state index in [1.54, 1.807) is 21.7 Å². The molecule has 0 spiro atoms. The van der Waals surface area contributed by atoms with Crippen LogP contribution >= 0.6 is 27.0 Å². The van der Waals surface area contributed by atoms with Crippen molar-refractivity contribution in [3.63, 3.8) is 0 Å². The van der Waals surface area contributed by atoms with Crippen molar-refractivity contribution in [3.05, 3.63) is 113 Å². The van der Waals surface area contributed by atoms with E-state index in [0.29, 0.717) is 30.0 Å². The van der Waals surface area contributed by atoms with Crippen molar-refractivity contribution >= 4 is 44.5 Å². The number of nitrogens with zero attached hydrogens (tertiary/aromatic N) is 3. The summed E-state index contributed by atoms with van der Waals surface area (Å²) in [5.41, 5.74) is 1.67. The van der Waals surface area contributed by atoms with E-state index in [9.17, 15) is 27.2 Å². The van der Waals surface area contributed by atoms with E-state index in [-0.39, 0.29) is 44.9 Å². The molecule has 2 heterocycles. The number of rotatable bonds is 7. The Kier molecular flexibility index (Phi) is 10.3. The number of aryl methyl sites for hydroxylation is 1. The molecule has 0 unspecified atom stereocenters. The Bertz CT molecular complexity index is 1560. The Hall–Kier alpha value is -3.57. The zero-order valence-corrected chi connectivity index (χ0v) is 25.0. The predicted molar refractivity (Wildman–Crippen MR) is 164 cm³/mol. The number of carbonyl (C=O) groups is 2. The van der Waals surface area contributed by atoms with Gasteiger partial charge < -0.3 is 0 Å². The van der Waals surface area contributed by atoms with Crippen molar-refractivity contribution in [1.29, 1.82) is 0 Å². The highest BCUT2D eigenvalue weighted by Gasteiger charge is 2.45. The molecule has 2 atom stereocenters. The minimum Gasteiger partial charge on any atom is -0.296 e. The van der Waals surface area contributed by atoms with Crippen molar-refractivity contribution in [2.24, 2.45) is 5.92 Å². The first kappa shape index (κ1) is 32.9. The molecular weight excluding hydrogens is 586 g/mol. The van der Waals surface area contributed by atoms with Gasteiger partial charge in [0.15, 0.2) is 5.78 Å². The zero-order chi connectivity index (χ0) is 28.6. The number of hydrogen-bond donors (Lipinski definition) is 0. The SMILES string of the molecule is CCCN1C(=O)[C@@H](CC(=O)c2cccc(C(F)(F)F)c2)[C@@H](c2ccc(F)cc2)c2c(C)nn(-c3ccccc3)c21.S.S. The first-order valence-electron chi connectivity index (χ1n) is 13.0. The first-order chi connectivity index (χ1) is 19.1. The lowest BCUT2D eigenvalue weighted by Crippen LogP contribution is -2.45. The summed E-state index contributed by atoms with van der Waals surface area (Å²) in [4.78, 5) is 29.2. The van der Waals surface area contributed by atoms with Crippen LogP contribution in [0.15, 0.2) is 78.9 Å². The lowest BCUT2D eigenvalue weighted by atomic mass is 9.74. The Balaban J connectivity index is 0.00000242. The Morgan fingerprint density at radius 3 is 2.24 bits per heavy atom. The van der Waals surface area contributed by atoms with Crippen LogP contribution in [0.3, 0.4) is 0 Å². The molecule has 0 saturated carbocycles. The van der Waals surface area contributed by atoms with Gasteiger partial charge in [-0.2, -0.15) is 45.3 Å². The van der Waals surface area contributed by atoms with Gasteiger partial charge in [0.05, 0.1) is 22.9 Å². The average molecular weight is 618 g/mol. The van der Waals surface area contributed by atoms with Crippen molar-refractivity contribution in [2.75, 3.05) is 11.4 Å². The number of aromatic nitrogens is 2. The zero-order valence-electron chi connectivity index (χ0n) is 23.0. The monoisotopic (exact) mass is 617 g/mol. The quantitative estimate of drug-likeness (QED) is 0.161. The summed E-state index contributed by atoms with van der Waals surface area (Å²) < 4.78 is 55.7. The minimum absolute atomic E-state index is 0. The van der Waals surface area contributed by atoms with Crippen LogP contribution in [0, 0.1) is 18.7 Å². The van der Waals surface area contributed by atoms with Crippen LogP contribution in [-0.2, 0) is 11.0 Å². The van der Waals surface area contributed by atoms with Crippen LogP contribution < -0.4 is 4.90 Å². The van der Waals surface area contributed by atoms with Gasteiger partial charge in [0, 0.05) is 30.0 Å². The number of para-hydroxylation sites is 1. The van der Waals surface area contributed by atoms with E-state index >= 15 is 0 Å². The third kappa shape index (κ3) is 6.27. The molecule has 5 rings (SSSR count). The fraction of sp³-hybridized carbons (Fsp3) is 0.258. The second-order valence-electron chi connectivity index (χ2n) is 9.90. The molecule has 1 aromatic heterocycles. The van der Waals surface area contributed by atoms with Crippen molar-refractivity contribution in [2.45, 2.75) is 38.8 Å². The normalized spacial score (nSPS) is 16.3. The minimum atomic E-state index is -4.61. The lowest BCUT2D eigenvalue weighted by Gasteiger charge is -2.38. The molecule has 0 N–H and O–H groups in total. The highest BCUT2D eigenvalue weighted by molar-refractivity contribution is 7.59. The van der Waals surface area contributed by atoms with Gasteiger partial charge in [-0.15, -0.1) is 0 Å². The molecular formula is C31H31F4N3O2S2. The summed E-state index contributed by atoms with van der Waals surface area (Å²) in [6.07, 6.45) is -4.30. The number of Topliss-reactive ketones (excluding diaryl/α,β-unsaturated/α-hetero) is 1. The maximum atomic E-state index is 14.2. The predicted octanol–water partition coefficient (Wildman–Crippen LogP) is 7.34. The molecule has 0 fully saturated rings. The number of ketones is 1. The first-order valence-corrected chi connectivity index (χ1v) is 13.0. The molecule has 4 aromatic rings. The molecule has 0 aliphatic carbocycles. The van der Waals surface area contributed by atoms with Crippen molar-refractivity contribution < 1.29 is 27.2 Å². The molecule has 222 valence electrons. The molecule has 0 bridgehead atoms. The molecule has 0 saturated heterocycles. The Morgan fingerprint density at radius 2 is 1.62 bits per heavy atom. The largest absolute Gasteiger partial charge is 0.416 e.